The quantitative estimate of drug-likeness (QED) is 0.489. The molecule has 2 N–H and O–H groups in total. The lowest BCUT2D eigenvalue weighted by Gasteiger charge is -2.21. The van der Waals surface area contributed by atoms with Gasteiger partial charge in [-0.25, -0.2) is 0 Å². The number of fused-ring (bicyclic) bond motifs is 1. The number of hydrogen-bond donors (Lipinski definition) is 1. The summed E-state index contributed by atoms with van der Waals surface area (Å²) < 4.78 is 21.6. The highest BCUT2D eigenvalue weighted by atomic mass is 35.5. The van der Waals surface area contributed by atoms with Crippen molar-refractivity contribution in [2.24, 2.45) is 0 Å². The number of nitrogen functional groups attached to an aromatic ring is 1. The van der Waals surface area contributed by atoms with Crippen LogP contribution >= 0.6 is 11.6 Å². The summed E-state index contributed by atoms with van der Waals surface area (Å²) >= 11 is 6.24. The van der Waals surface area contributed by atoms with Crippen molar-refractivity contribution in [2.75, 3.05) is 33.2 Å². The molecule has 136 valence electrons. The van der Waals surface area contributed by atoms with Gasteiger partial charge in [0.2, 0.25) is 11.5 Å². The number of halogens is 1. The Morgan fingerprint density at radius 3 is 2.58 bits per heavy atom. The topological polar surface area (TPSA) is 80.0 Å². The summed E-state index contributed by atoms with van der Waals surface area (Å²) in [6, 6.07) is 8.23. The van der Waals surface area contributed by atoms with Crippen LogP contribution in [0.2, 0.25) is 0 Å². The molecule has 3 rings (SSSR count). The number of anilines is 1. The number of rotatable bonds is 5. The number of carbonyl (C=O) groups is 1. The Bertz CT molecular complexity index is 861. The summed E-state index contributed by atoms with van der Waals surface area (Å²) in [5.74, 6) is 1.68. The lowest BCUT2D eigenvalue weighted by atomic mass is 10.1. The van der Waals surface area contributed by atoms with Crippen LogP contribution in [0.25, 0.3) is 6.08 Å². The summed E-state index contributed by atoms with van der Waals surface area (Å²) in [6.45, 7) is 0.901. The molecule has 2 aromatic rings. The molecule has 1 aliphatic rings. The van der Waals surface area contributed by atoms with E-state index in [9.17, 15) is 4.79 Å². The fourth-order valence-electron chi connectivity index (χ4n) is 2.58. The van der Waals surface area contributed by atoms with Gasteiger partial charge in [-0.05, 0) is 42.0 Å². The largest absolute Gasteiger partial charge is 0.495 e. The van der Waals surface area contributed by atoms with Crippen molar-refractivity contribution in [3.8, 4) is 23.0 Å². The maximum absolute atomic E-state index is 12.6. The van der Waals surface area contributed by atoms with Crippen LogP contribution in [0.1, 0.15) is 15.9 Å². The highest BCUT2D eigenvalue weighted by Gasteiger charge is 2.19. The molecule has 0 spiro atoms. The van der Waals surface area contributed by atoms with Gasteiger partial charge >= 0.3 is 0 Å². The minimum absolute atomic E-state index is 0.0376. The van der Waals surface area contributed by atoms with Crippen LogP contribution in [0.4, 0.5) is 5.69 Å². The Kier molecular flexibility index (Phi) is 5.23. The zero-order valence-corrected chi connectivity index (χ0v) is 15.1. The summed E-state index contributed by atoms with van der Waals surface area (Å²) in [7, 11) is 3.02. The molecule has 0 saturated carbocycles. The fraction of sp³-hybridized carbons (Fsp3) is 0.211. The van der Waals surface area contributed by atoms with Gasteiger partial charge in [0.25, 0.3) is 0 Å². The van der Waals surface area contributed by atoms with E-state index in [1.807, 2.05) is 0 Å². The van der Waals surface area contributed by atoms with Gasteiger partial charge in [-0.2, -0.15) is 0 Å². The van der Waals surface area contributed by atoms with Gasteiger partial charge < -0.3 is 24.7 Å². The van der Waals surface area contributed by atoms with Crippen LogP contribution in [-0.2, 0) is 0 Å². The number of ketones is 1. The number of ether oxygens (including phenoxy) is 4. The van der Waals surface area contributed by atoms with E-state index in [0.29, 0.717) is 53.0 Å². The van der Waals surface area contributed by atoms with E-state index in [1.54, 1.807) is 36.4 Å². The van der Waals surface area contributed by atoms with E-state index in [4.69, 9.17) is 36.3 Å². The Balaban J connectivity index is 1.93. The molecule has 7 heteroatoms. The van der Waals surface area contributed by atoms with Crippen molar-refractivity contribution in [1.29, 1.82) is 0 Å². The molecule has 0 fully saturated rings. The van der Waals surface area contributed by atoms with Crippen molar-refractivity contribution < 1.29 is 23.7 Å². The Morgan fingerprint density at radius 1 is 1.12 bits per heavy atom. The van der Waals surface area contributed by atoms with Gasteiger partial charge in [0.1, 0.15) is 19.0 Å². The average molecular weight is 376 g/mol. The first-order chi connectivity index (χ1) is 12.5. The maximum Gasteiger partial charge on any atom is 0.204 e. The van der Waals surface area contributed by atoms with Gasteiger partial charge in [-0.15, -0.1) is 0 Å². The molecule has 0 atom stereocenters. The van der Waals surface area contributed by atoms with Crippen LogP contribution in [0.3, 0.4) is 0 Å². The number of methoxy groups -OCH3 is 2. The van der Waals surface area contributed by atoms with E-state index in [2.05, 4.69) is 0 Å². The molecule has 26 heavy (non-hydrogen) atoms. The van der Waals surface area contributed by atoms with Crippen LogP contribution in [0.5, 0.6) is 23.0 Å². The second kappa shape index (κ2) is 7.58. The second-order valence-electron chi connectivity index (χ2n) is 5.53. The number of nitrogens with two attached hydrogens (primary N) is 1. The van der Waals surface area contributed by atoms with E-state index < -0.39 is 0 Å². The van der Waals surface area contributed by atoms with Crippen molar-refractivity contribution >= 4 is 29.1 Å². The van der Waals surface area contributed by atoms with E-state index in [0.717, 1.165) is 0 Å². The highest BCUT2D eigenvalue weighted by molar-refractivity contribution is 6.47. The van der Waals surface area contributed by atoms with Crippen molar-refractivity contribution in [2.45, 2.75) is 0 Å². The molecule has 0 bridgehead atoms. The fourth-order valence-corrected chi connectivity index (χ4v) is 2.81. The Labute approximate surface area is 156 Å². The summed E-state index contributed by atoms with van der Waals surface area (Å²) in [5, 5.41) is 0.0376. The van der Waals surface area contributed by atoms with Crippen LogP contribution in [-0.4, -0.2) is 33.2 Å². The predicted octanol–water partition coefficient (Wildman–Crippen LogP) is 3.52. The zero-order valence-electron chi connectivity index (χ0n) is 14.4. The van der Waals surface area contributed by atoms with E-state index in [1.165, 1.54) is 14.2 Å². The number of carbonyl (C=O) groups excluding carboxylic acids is 1. The van der Waals surface area contributed by atoms with Gasteiger partial charge in [-0.1, -0.05) is 11.6 Å². The third-order valence-corrected chi connectivity index (χ3v) is 4.14. The van der Waals surface area contributed by atoms with Crippen molar-refractivity contribution in [3.63, 3.8) is 0 Å². The van der Waals surface area contributed by atoms with E-state index in [-0.39, 0.29) is 10.8 Å². The molecule has 0 saturated heterocycles. The molecule has 0 aromatic heterocycles. The summed E-state index contributed by atoms with van der Waals surface area (Å²) in [4.78, 5) is 12.6. The highest BCUT2D eigenvalue weighted by Crippen LogP contribution is 2.41. The van der Waals surface area contributed by atoms with Gasteiger partial charge in [0, 0.05) is 5.56 Å². The van der Waals surface area contributed by atoms with Crippen LogP contribution in [0.15, 0.2) is 35.4 Å². The molecular weight excluding hydrogens is 358 g/mol. The third kappa shape index (κ3) is 3.55. The molecule has 1 heterocycles. The zero-order chi connectivity index (χ0) is 18.7. The summed E-state index contributed by atoms with van der Waals surface area (Å²) in [5.41, 5.74) is 7.25. The second-order valence-corrected chi connectivity index (χ2v) is 5.93. The first-order valence-electron chi connectivity index (χ1n) is 7.86. The smallest absolute Gasteiger partial charge is 0.204 e. The van der Waals surface area contributed by atoms with Crippen molar-refractivity contribution in [1.82, 2.24) is 0 Å². The van der Waals surface area contributed by atoms with Crippen LogP contribution < -0.4 is 24.7 Å². The minimum atomic E-state index is -0.348. The minimum Gasteiger partial charge on any atom is -0.495 e. The van der Waals surface area contributed by atoms with Gasteiger partial charge in [0.05, 0.1) is 24.9 Å². The number of Topliss-reactive ketones (excluding diaryl/α,β-unsaturated/α-hetero) is 1. The number of allylic oxidation sites excluding steroid dienone is 1. The average Bonchev–Trinajstić information content (AvgIpc) is 2.67. The molecule has 1 aliphatic heterocycles. The van der Waals surface area contributed by atoms with Crippen molar-refractivity contribution in [3.05, 3.63) is 46.5 Å². The number of benzene rings is 2. The molecule has 6 nitrogen and oxygen atoms in total. The molecule has 0 aliphatic carbocycles. The van der Waals surface area contributed by atoms with Gasteiger partial charge in [0.15, 0.2) is 11.5 Å². The first-order valence-corrected chi connectivity index (χ1v) is 8.24. The molecule has 0 unspecified atom stereocenters. The maximum atomic E-state index is 12.6. The standard InChI is InChI=1S/C19H18ClNO5/c1-23-15-10-12(3-4-14(15)21)18(22)13(20)7-11-8-16(24-2)19-17(9-11)25-5-6-26-19/h3-4,7-10H,5-6,21H2,1-2H3/b13-7+. The molecule has 0 amide bonds. The first kappa shape index (κ1) is 17.9. The molecule has 0 radical (unpaired) electrons. The normalized spacial score (nSPS) is 13.3. The molecular formula is C19H18ClNO5. The Morgan fingerprint density at radius 2 is 1.85 bits per heavy atom. The Hall–Kier alpha value is -2.86. The molecule has 2 aromatic carbocycles. The monoisotopic (exact) mass is 375 g/mol. The third-order valence-electron chi connectivity index (χ3n) is 3.86. The number of hydrogen-bond acceptors (Lipinski definition) is 6. The van der Waals surface area contributed by atoms with Gasteiger partial charge in [-0.3, -0.25) is 4.79 Å². The lowest BCUT2D eigenvalue weighted by Crippen LogP contribution is -2.16. The predicted molar refractivity (Wildman–Crippen MR) is 99.6 cm³/mol. The summed E-state index contributed by atoms with van der Waals surface area (Å²) in [6.07, 6.45) is 1.55. The SMILES string of the molecule is COc1cc(C(=O)/C(Cl)=C\c2cc(OC)c3c(c2)OCCO3)ccc1N. The lowest BCUT2D eigenvalue weighted by molar-refractivity contribution is 0.104. The van der Waals surface area contributed by atoms with E-state index >= 15 is 0 Å². The van der Waals surface area contributed by atoms with Crippen LogP contribution in [0, 0.1) is 0 Å².